The van der Waals surface area contributed by atoms with Crippen LogP contribution in [0.3, 0.4) is 0 Å². The Bertz CT molecular complexity index is 250. The molecular formula is C11H19NO2. The molecule has 1 atom stereocenters. The van der Waals surface area contributed by atoms with Gasteiger partial charge < -0.3 is 4.74 Å². The maximum atomic E-state index is 11.5. The van der Waals surface area contributed by atoms with E-state index in [9.17, 15) is 4.79 Å². The first-order valence-corrected chi connectivity index (χ1v) is 5.25. The van der Waals surface area contributed by atoms with E-state index < -0.39 is 5.60 Å². The quantitative estimate of drug-likeness (QED) is 0.693. The number of amides is 1. The Hall–Kier alpha value is -0.990. The van der Waals surface area contributed by atoms with Crippen LogP contribution in [0.5, 0.6) is 0 Å². The van der Waals surface area contributed by atoms with Gasteiger partial charge >= 0.3 is 6.09 Å². The Morgan fingerprint density at radius 3 is 2.57 bits per heavy atom. The number of rotatable bonds is 4. The van der Waals surface area contributed by atoms with Gasteiger partial charge in [0, 0.05) is 6.54 Å². The summed E-state index contributed by atoms with van der Waals surface area (Å²) in [6.07, 6.45) is 2.60. The van der Waals surface area contributed by atoms with Crippen molar-refractivity contribution < 1.29 is 9.53 Å². The van der Waals surface area contributed by atoms with Crippen LogP contribution >= 0.6 is 0 Å². The zero-order valence-electron chi connectivity index (χ0n) is 9.30. The van der Waals surface area contributed by atoms with Gasteiger partial charge in [0.1, 0.15) is 0 Å². The lowest BCUT2D eigenvalue weighted by Crippen LogP contribution is -2.27. The van der Waals surface area contributed by atoms with Gasteiger partial charge in [-0.05, 0) is 19.8 Å². The number of hydrogen-bond acceptors (Lipinski definition) is 2. The molecule has 1 amide bonds. The lowest BCUT2D eigenvalue weighted by molar-refractivity contribution is 0.0788. The fraction of sp³-hybridized carbons (Fsp3) is 0.727. The fourth-order valence-electron chi connectivity index (χ4n) is 1.52. The highest BCUT2D eigenvalue weighted by atomic mass is 16.6. The summed E-state index contributed by atoms with van der Waals surface area (Å²) in [5.74, 6) is 0. The Kier molecular flexibility index (Phi) is 3.19. The molecule has 0 aliphatic carbocycles. The molecular weight excluding hydrogens is 178 g/mol. The largest absolute Gasteiger partial charge is 0.436 e. The van der Waals surface area contributed by atoms with E-state index >= 15 is 0 Å². The number of hydrogen-bond donors (Lipinski definition) is 0. The van der Waals surface area contributed by atoms with Gasteiger partial charge in [0.15, 0.2) is 5.60 Å². The Labute approximate surface area is 85.7 Å². The first-order valence-electron chi connectivity index (χ1n) is 5.25. The van der Waals surface area contributed by atoms with Gasteiger partial charge in [0.05, 0.1) is 5.70 Å². The van der Waals surface area contributed by atoms with Crippen LogP contribution in [0.1, 0.15) is 40.0 Å². The van der Waals surface area contributed by atoms with Crippen molar-refractivity contribution in [2.75, 3.05) is 6.54 Å². The second-order valence-corrected chi connectivity index (χ2v) is 3.90. The van der Waals surface area contributed by atoms with Gasteiger partial charge in [0.25, 0.3) is 0 Å². The van der Waals surface area contributed by atoms with E-state index in [2.05, 4.69) is 13.5 Å². The lowest BCUT2D eigenvalue weighted by Gasteiger charge is -2.22. The van der Waals surface area contributed by atoms with Crippen LogP contribution in [0.25, 0.3) is 0 Å². The fourth-order valence-corrected chi connectivity index (χ4v) is 1.52. The van der Waals surface area contributed by atoms with Crippen molar-refractivity contribution in [2.45, 2.75) is 45.6 Å². The van der Waals surface area contributed by atoms with E-state index in [-0.39, 0.29) is 6.09 Å². The summed E-state index contributed by atoms with van der Waals surface area (Å²) in [5, 5.41) is 0. The highest BCUT2D eigenvalue weighted by Crippen LogP contribution is 2.34. The van der Waals surface area contributed by atoms with Crippen molar-refractivity contribution in [3.05, 3.63) is 12.3 Å². The van der Waals surface area contributed by atoms with E-state index in [1.807, 2.05) is 13.8 Å². The summed E-state index contributed by atoms with van der Waals surface area (Å²) in [4.78, 5) is 13.2. The predicted molar refractivity (Wildman–Crippen MR) is 55.9 cm³/mol. The molecule has 80 valence electrons. The van der Waals surface area contributed by atoms with Gasteiger partial charge in [-0.1, -0.05) is 26.8 Å². The number of unbranched alkanes of at least 4 members (excludes halogenated alkanes) is 1. The molecule has 3 nitrogen and oxygen atoms in total. The van der Waals surface area contributed by atoms with Crippen molar-refractivity contribution in [1.29, 1.82) is 0 Å². The molecule has 0 aromatic rings. The van der Waals surface area contributed by atoms with Crippen LogP contribution in [0.4, 0.5) is 4.79 Å². The summed E-state index contributed by atoms with van der Waals surface area (Å²) in [6.45, 7) is 10.7. The Morgan fingerprint density at radius 2 is 2.14 bits per heavy atom. The van der Waals surface area contributed by atoms with Crippen molar-refractivity contribution in [3.8, 4) is 0 Å². The van der Waals surface area contributed by atoms with Gasteiger partial charge in [-0.25, -0.2) is 4.79 Å². The first-order chi connectivity index (χ1) is 6.55. The molecule has 0 N–H and O–H groups in total. The minimum absolute atomic E-state index is 0.243. The molecule has 0 aromatic carbocycles. The Balaban J connectivity index is 2.70. The molecule has 1 aliphatic rings. The van der Waals surface area contributed by atoms with Crippen LogP contribution in [0.15, 0.2) is 12.3 Å². The van der Waals surface area contributed by atoms with Crippen molar-refractivity contribution in [2.24, 2.45) is 0 Å². The molecule has 14 heavy (non-hydrogen) atoms. The molecule has 3 heteroatoms. The minimum Gasteiger partial charge on any atom is -0.436 e. The van der Waals surface area contributed by atoms with E-state index in [0.717, 1.165) is 31.5 Å². The normalized spacial score (nSPS) is 26.9. The Morgan fingerprint density at radius 1 is 1.50 bits per heavy atom. The van der Waals surface area contributed by atoms with Crippen molar-refractivity contribution >= 4 is 6.09 Å². The first kappa shape index (κ1) is 11.1. The zero-order valence-corrected chi connectivity index (χ0v) is 9.30. The second-order valence-electron chi connectivity index (χ2n) is 3.90. The van der Waals surface area contributed by atoms with Crippen LogP contribution in [0.2, 0.25) is 0 Å². The molecule has 1 heterocycles. The summed E-state index contributed by atoms with van der Waals surface area (Å²) in [6, 6.07) is 0. The summed E-state index contributed by atoms with van der Waals surface area (Å²) < 4.78 is 5.31. The van der Waals surface area contributed by atoms with E-state index in [0.29, 0.717) is 0 Å². The molecule has 1 saturated heterocycles. The third-order valence-corrected chi connectivity index (χ3v) is 2.88. The van der Waals surface area contributed by atoms with Crippen LogP contribution in [-0.4, -0.2) is 23.1 Å². The third kappa shape index (κ3) is 1.76. The summed E-state index contributed by atoms with van der Waals surface area (Å²) in [5.41, 5.74) is 0.323. The number of cyclic esters (lactones) is 1. The average Bonchev–Trinajstić information content (AvgIpc) is 2.37. The SMILES string of the molecule is C=C1N(CCCC)C(=O)O[C@@]1(C)CC. The van der Waals surface area contributed by atoms with Crippen LogP contribution in [-0.2, 0) is 4.74 Å². The molecule has 1 fully saturated rings. The number of carbonyl (C=O) groups excluding carboxylic acids is 1. The maximum Gasteiger partial charge on any atom is 0.415 e. The van der Waals surface area contributed by atoms with Crippen molar-refractivity contribution in [1.82, 2.24) is 4.90 Å². The molecule has 1 rings (SSSR count). The molecule has 0 radical (unpaired) electrons. The molecule has 0 aromatic heterocycles. The number of ether oxygens (including phenoxy) is 1. The average molecular weight is 197 g/mol. The topological polar surface area (TPSA) is 29.5 Å². The molecule has 1 aliphatic heterocycles. The zero-order chi connectivity index (χ0) is 10.8. The van der Waals surface area contributed by atoms with Crippen molar-refractivity contribution in [3.63, 3.8) is 0 Å². The summed E-state index contributed by atoms with van der Waals surface area (Å²) in [7, 11) is 0. The molecule has 0 spiro atoms. The minimum atomic E-state index is -0.481. The lowest BCUT2D eigenvalue weighted by atomic mass is 10.00. The van der Waals surface area contributed by atoms with E-state index in [1.54, 1.807) is 4.90 Å². The standard InChI is InChI=1S/C11H19NO2/c1-5-7-8-12-9(3)11(4,6-2)14-10(12)13/h3,5-8H2,1-2,4H3/t11-/m0/s1. The predicted octanol–water partition coefficient (Wildman–Crippen LogP) is 2.92. The molecule has 0 saturated carbocycles. The number of carbonyl (C=O) groups is 1. The van der Waals surface area contributed by atoms with Gasteiger partial charge in [-0.2, -0.15) is 0 Å². The van der Waals surface area contributed by atoms with Gasteiger partial charge in [-0.15, -0.1) is 0 Å². The maximum absolute atomic E-state index is 11.5. The highest BCUT2D eigenvalue weighted by molar-refractivity contribution is 5.74. The molecule has 0 unspecified atom stereocenters. The van der Waals surface area contributed by atoms with E-state index in [4.69, 9.17) is 4.74 Å². The van der Waals surface area contributed by atoms with E-state index in [1.165, 1.54) is 0 Å². The highest BCUT2D eigenvalue weighted by Gasteiger charge is 2.43. The number of nitrogens with zero attached hydrogens (tertiary/aromatic N) is 1. The molecule has 0 bridgehead atoms. The third-order valence-electron chi connectivity index (χ3n) is 2.88. The summed E-state index contributed by atoms with van der Waals surface area (Å²) >= 11 is 0. The van der Waals surface area contributed by atoms with Gasteiger partial charge in [-0.3, -0.25) is 4.90 Å². The second kappa shape index (κ2) is 4.03. The van der Waals surface area contributed by atoms with Crippen LogP contribution < -0.4 is 0 Å². The van der Waals surface area contributed by atoms with Crippen LogP contribution in [0, 0.1) is 0 Å². The van der Waals surface area contributed by atoms with Gasteiger partial charge in [0.2, 0.25) is 0 Å². The monoisotopic (exact) mass is 197 g/mol. The smallest absolute Gasteiger partial charge is 0.415 e.